The number of aliphatic hydroxyl groups excluding tert-OH is 1. The van der Waals surface area contributed by atoms with E-state index >= 15 is 0 Å². The summed E-state index contributed by atoms with van der Waals surface area (Å²) in [7, 11) is -3.77. The van der Waals surface area contributed by atoms with Gasteiger partial charge in [-0.3, -0.25) is 14.3 Å². The SMILES string of the molecule is O=C(Nc1ccc2c(c1)C(=O)N(CC(F)(F)F)C2)c1ccc(NS(=O)(=O)CCO)cc1N1CCC2(CC1)CC2. The molecule has 39 heavy (non-hydrogen) atoms. The Morgan fingerprint density at radius 3 is 2.36 bits per heavy atom. The van der Waals surface area contributed by atoms with Gasteiger partial charge in [-0.2, -0.15) is 13.2 Å². The fourth-order valence-corrected chi connectivity index (χ4v) is 6.11. The maximum absolute atomic E-state index is 13.4. The zero-order chi connectivity index (χ0) is 28.0. The molecule has 5 rings (SSSR count). The highest BCUT2D eigenvalue weighted by atomic mass is 32.2. The Morgan fingerprint density at radius 1 is 1.03 bits per heavy atom. The minimum Gasteiger partial charge on any atom is -0.395 e. The Bertz CT molecular complexity index is 1400. The Labute approximate surface area is 224 Å². The van der Waals surface area contributed by atoms with Crippen molar-refractivity contribution in [3.8, 4) is 0 Å². The Morgan fingerprint density at radius 2 is 1.72 bits per heavy atom. The Hall–Kier alpha value is -3.32. The highest BCUT2D eigenvalue weighted by Crippen LogP contribution is 2.54. The number of nitrogens with one attached hydrogen (secondary N) is 2. The molecule has 2 heterocycles. The van der Waals surface area contributed by atoms with Crippen molar-refractivity contribution in [3.63, 3.8) is 0 Å². The minimum atomic E-state index is -4.52. The van der Waals surface area contributed by atoms with Gasteiger partial charge in [-0.05, 0) is 67.0 Å². The number of fused-ring (bicyclic) bond motifs is 1. The van der Waals surface area contributed by atoms with Crippen LogP contribution in [0.5, 0.6) is 0 Å². The van der Waals surface area contributed by atoms with Crippen molar-refractivity contribution >= 4 is 38.9 Å². The van der Waals surface area contributed by atoms with E-state index in [0.29, 0.717) is 34.7 Å². The highest BCUT2D eigenvalue weighted by Gasteiger charge is 2.44. The molecular weight excluding hydrogens is 537 g/mol. The zero-order valence-electron chi connectivity index (χ0n) is 21.1. The van der Waals surface area contributed by atoms with Gasteiger partial charge < -0.3 is 20.2 Å². The molecule has 0 atom stereocenters. The van der Waals surface area contributed by atoms with Crippen LogP contribution in [0.25, 0.3) is 0 Å². The second kappa shape index (κ2) is 10.0. The van der Waals surface area contributed by atoms with E-state index in [9.17, 15) is 31.2 Å². The van der Waals surface area contributed by atoms with Crippen LogP contribution in [0.2, 0.25) is 0 Å². The third-order valence-corrected chi connectivity index (χ3v) is 8.88. The van der Waals surface area contributed by atoms with Crippen molar-refractivity contribution in [1.82, 2.24) is 4.90 Å². The van der Waals surface area contributed by atoms with E-state index in [1.54, 1.807) is 6.07 Å². The maximum atomic E-state index is 13.4. The molecule has 1 saturated heterocycles. The number of carbonyl (C=O) groups is 2. The summed E-state index contributed by atoms with van der Waals surface area (Å²) in [5.74, 6) is -1.71. The van der Waals surface area contributed by atoms with Crippen LogP contribution in [0, 0.1) is 5.41 Å². The molecule has 2 aliphatic heterocycles. The van der Waals surface area contributed by atoms with Gasteiger partial charge >= 0.3 is 6.18 Å². The number of hydrogen-bond acceptors (Lipinski definition) is 6. The molecule has 2 fully saturated rings. The predicted octanol–water partition coefficient (Wildman–Crippen LogP) is 3.57. The van der Waals surface area contributed by atoms with Crippen molar-refractivity contribution in [2.45, 2.75) is 38.4 Å². The normalized spacial score (nSPS) is 18.3. The van der Waals surface area contributed by atoms with Crippen LogP contribution in [-0.2, 0) is 16.6 Å². The Kier molecular flexibility index (Phi) is 7.00. The van der Waals surface area contributed by atoms with E-state index in [-0.39, 0.29) is 29.0 Å². The number of sulfonamides is 1. The molecule has 1 saturated carbocycles. The molecule has 2 aromatic carbocycles. The van der Waals surface area contributed by atoms with Crippen LogP contribution in [0.4, 0.5) is 30.2 Å². The van der Waals surface area contributed by atoms with E-state index in [4.69, 9.17) is 5.11 Å². The number of piperidine rings is 1. The van der Waals surface area contributed by atoms with Gasteiger partial charge in [0, 0.05) is 30.9 Å². The summed E-state index contributed by atoms with van der Waals surface area (Å²) in [6.45, 7) is -0.633. The van der Waals surface area contributed by atoms with Crippen molar-refractivity contribution in [1.29, 1.82) is 0 Å². The summed E-state index contributed by atoms with van der Waals surface area (Å²) in [5, 5.41) is 11.8. The second-order valence-corrected chi connectivity index (χ2v) is 12.3. The van der Waals surface area contributed by atoms with Gasteiger partial charge in [0.1, 0.15) is 6.54 Å². The standard InChI is InChI=1S/C26H29F3N4O5S/c27-26(28,29)16-33-15-17-1-2-18(13-21(17)24(33)36)30-23(35)20-4-3-19(31-39(37,38)12-11-34)14-22(20)32-9-7-25(5-6-25)8-10-32/h1-4,13-14,31,34H,5-12,15-16H2,(H,30,35). The van der Waals surface area contributed by atoms with Crippen molar-refractivity contribution in [2.75, 3.05) is 46.9 Å². The first kappa shape index (κ1) is 27.3. The lowest BCUT2D eigenvalue weighted by molar-refractivity contribution is -0.140. The summed E-state index contributed by atoms with van der Waals surface area (Å²) in [6.07, 6.45) is -0.206. The van der Waals surface area contributed by atoms with Crippen molar-refractivity contribution < 1.29 is 36.3 Å². The lowest BCUT2D eigenvalue weighted by Crippen LogP contribution is -2.35. The van der Waals surface area contributed by atoms with Gasteiger partial charge in [-0.15, -0.1) is 0 Å². The van der Waals surface area contributed by atoms with Gasteiger partial charge in [0.25, 0.3) is 11.8 Å². The summed E-state index contributed by atoms with van der Waals surface area (Å²) in [6, 6.07) is 9.00. The van der Waals surface area contributed by atoms with E-state index in [1.807, 2.05) is 4.90 Å². The molecular formula is C26H29F3N4O5S. The molecule has 1 spiro atoms. The molecule has 210 valence electrons. The average Bonchev–Trinajstić information content (AvgIpc) is 3.54. The summed E-state index contributed by atoms with van der Waals surface area (Å²) in [5.41, 5.74) is 2.28. The molecule has 0 aromatic heterocycles. The molecule has 2 aromatic rings. The van der Waals surface area contributed by atoms with Crippen molar-refractivity contribution in [3.05, 3.63) is 53.1 Å². The lowest BCUT2D eigenvalue weighted by Gasteiger charge is -2.35. The van der Waals surface area contributed by atoms with E-state index in [2.05, 4.69) is 10.0 Å². The highest BCUT2D eigenvalue weighted by molar-refractivity contribution is 7.92. The molecule has 0 bridgehead atoms. The first-order valence-corrected chi connectivity index (χ1v) is 14.3. The molecule has 9 nitrogen and oxygen atoms in total. The number of rotatable bonds is 8. The summed E-state index contributed by atoms with van der Waals surface area (Å²) < 4.78 is 65.3. The first-order chi connectivity index (χ1) is 18.4. The molecule has 2 amide bonds. The number of aliphatic hydroxyl groups is 1. The number of amides is 2. The first-order valence-electron chi connectivity index (χ1n) is 12.7. The van der Waals surface area contributed by atoms with Gasteiger partial charge in [0.15, 0.2) is 0 Å². The van der Waals surface area contributed by atoms with Crippen LogP contribution >= 0.6 is 0 Å². The summed E-state index contributed by atoms with van der Waals surface area (Å²) >= 11 is 0. The Balaban J connectivity index is 1.38. The molecule has 0 unspecified atom stereocenters. The number of anilines is 3. The van der Waals surface area contributed by atoms with Crippen LogP contribution < -0.4 is 14.9 Å². The third-order valence-electron chi connectivity index (χ3n) is 7.61. The van der Waals surface area contributed by atoms with Crippen LogP contribution in [-0.4, -0.2) is 68.4 Å². The number of nitrogens with zero attached hydrogens (tertiary/aromatic N) is 2. The zero-order valence-corrected chi connectivity index (χ0v) is 21.9. The number of hydrogen-bond donors (Lipinski definition) is 3. The number of halogens is 3. The number of alkyl halides is 3. The molecule has 3 aliphatic rings. The monoisotopic (exact) mass is 566 g/mol. The molecule has 3 N–H and O–H groups in total. The smallest absolute Gasteiger partial charge is 0.395 e. The average molecular weight is 567 g/mol. The van der Waals surface area contributed by atoms with Crippen LogP contribution in [0.15, 0.2) is 36.4 Å². The second-order valence-electron chi connectivity index (χ2n) is 10.5. The number of carbonyl (C=O) groups excluding carboxylic acids is 2. The molecule has 1 aliphatic carbocycles. The van der Waals surface area contributed by atoms with E-state index in [1.165, 1.54) is 43.2 Å². The van der Waals surface area contributed by atoms with Gasteiger partial charge in [-0.1, -0.05) is 6.07 Å². The molecule has 0 radical (unpaired) electrons. The van der Waals surface area contributed by atoms with E-state index in [0.717, 1.165) is 12.8 Å². The fourth-order valence-electron chi connectivity index (χ4n) is 5.28. The third kappa shape index (κ3) is 6.14. The maximum Gasteiger partial charge on any atom is 0.406 e. The topological polar surface area (TPSA) is 119 Å². The van der Waals surface area contributed by atoms with Gasteiger partial charge in [0.05, 0.1) is 29.3 Å². The van der Waals surface area contributed by atoms with Crippen LogP contribution in [0.3, 0.4) is 0 Å². The van der Waals surface area contributed by atoms with Gasteiger partial charge in [-0.25, -0.2) is 8.42 Å². The van der Waals surface area contributed by atoms with Crippen LogP contribution in [0.1, 0.15) is 52.0 Å². The predicted molar refractivity (Wildman–Crippen MR) is 139 cm³/mol. The van der Waals surface area contributed by atoms with Crippen molar-refractivity contribution in [2.24, 2.45) is 5.41 Å². The molecule has 13 heteroatoms. The number of benzene rings is 2. The fraction of sp³-hybridized carbons (Fsp3) is 0.462. The quantitative estimate of drug-likeness (QED) is 0.450. The lowest BCUT2D eigenvalue weighted by atomic mass is 9.93. The largest absolute Gasteiger partial charge is 0.406 e. The van der Waals surface area contributed by atoms with E-state index < -0.39 is 46.9 Å². The minimum absolute atomic E-state index is 0.108. The summed E-state index contributed by atoms with van der Waals surface area (Å²) in [4.78, 5) is 28.7. The van der Waals surface area contributed by atoms with Gasteiger partial charge in [0.2, 0.25) is 10.0 Å².